The molecule has 0 radical (unpaired) electrons. The number of methoxy groups -OCH3 is 2. The minimum atomic E-state index is -0.665. The Balaban J connectivity index is 1.70. The first-order chi connectivity index (χ1) is 13.0. The Morgan fingerprint density at radius 1 is 1.11 bits per heavy atom. The minimum absolute atomic E-state index is 0.0284. The van der Waals surface area contributed by atoms with E-state index in [0.29, 0.717) is 23.0 Å². The van der Waals surface area contributed by atoms with E-state index in [1.807, 2.05) is 0 Å². The highest BCUT2D eigenvalue weighted by Gasteiger charge is 2.14. The normalized spacial score (nSPS) is 10.5. The van der Waals surface area contributed by atoms with E-state index in [2.05, 4.69) is 10.3 Å². The van der Waals surface area contributed by atoms with Crippen LogP contribution in [0.5, 0.6) is 11.5 Å². The van der Waals surface area contributed by atoms with Gasteiger partial charge >= 0.3 is 5.97 Å². The van der Waals surface area contributed by atoms with Crippen molar-refractivity contribution in [1.29, 1.82) is 0 Å². The van der Waals surface area contributed by atoms with Crippen molar-refractivity contribution in [2.75, 3.05) is 14.2 Å². The van der Waals surface area contributed by atoms with E-state index in [-0.39, 0.29) is 17.9 Å². The number of carbonyl (C=O) groups is 1. The van der Waals surface area contributed by atoms with E-state index >= 15 is 0 Å². The Hall–Kier alpha value is -3.62. The topological polar surface area (TPSA) is 106 Å². The maximum absolute atomic E-state index is 12.0. The summed E-state index contributed by atoms with van der Waals surface area (Å²) in [6.07, 6.45) is 0. The standard InChI is InChI=1S/C18H17N3O6/c1-21-17(22)7-5-13(19-21)18(23)26-10-12-9-15(27-20-12)11-4-6-14(24-2)16(8-11)25-3/h4-9H,10H2,1-3H3. The van der Waals surface area contributed by atoms with Crippen molar-refractivity contribution in [3.8, 4) is 22.8 Å². The zero-order valence-corrected chi connectivity index (χ0v) is 15.0. The quantitative estimate of drug-likeness (QED) is 0.604. The van der Waals surface area contributed by atoms with Crippen LogP contribution in [-0.4, -0.2) is 35.1 Å². The highest BCUT2D eigenvalue weighted by Crippen LogP contribution is 2.32. The van der Waals surface area contributed by atoms with Gasteiger partial charge in [-0.25, -0.2) is 9.48 Å². The molecule has 0 spiro atoms. The van der Waals surface area contributed by atoms with Gasteiger partial charge in [0.15, 0.2) is 23.0 Å². The van der Waals surface area contributed by atoms with Crippen molar-refractivity contribution >= 4 is 5.97 Å². The lowest BCUT2D eigenvalue weighted by atomic mass is 10.1. The fourth-order valence-corrected chi connectivity index (χ4v) is 2.33. The lowest BCUT2D eigenvalue weighted by Gasteiger charge is -2.07. The van der Waals surface area contributed by atoms with Gasteiger partial charge in [0.05, 0.1) is 14.2 Å². The molecule has 0 unspecified atom stereocenters. The average molecular weight is 371 g/mol. The maximum Gasteiger partial charge on any atom is 0.359 e. The molecule has 0 aliphatic heterocycles. The molecule has 9 nitrogen and oxygen atoms in total. The van der Waals surface area contributed by atoms with Crippen LogP contribution in [0, 0.1) is 0 Å². The fourth-order valence-electron chi connectivity index (χ4n) is 2.33. The summed E-state index contributed by atoms with van der Waals surface area (Å²) >= 11 is 0. The van der Waals surface area contributed by atoms with E-state index in [1.54, 1.807) is 38.5 Å². The van der Waals surface area contributed by atoms with Crippen molar-refractivity contribution in [2.45, 2.75) is 6.61 Å². The molecule has 0 amide bonds. The van der Waals surface area contributed by atoms with Crippen molar-refractivity contribution < 1.29 is 23.5 Å². The third-order valence-corrected chi connectivity index (χ3v) is 3.75. The molecule has 0 aliphatic rings. The average Bonchev–Trinajstić information content (AvgIpc) is 3.16. The van der Waals surface area contributed by atoms with Crippen molar-refractivity contribution in [3.05, 3.63) is 58.1 Å². The number of aryl methyl sites for hydroxylation is 1. The Morgan fingerprint density at radius 3 is 2.59 bits per heavy atom. The summed E-state index contributed by atoms with van der Waals surface area (Å²) in [5.74, 6) is 0.975. The molecular weight excluding hydrogens is 354 g/mol. The van der Waals surface area contributed by atoms with Gasteiger partial charge in [0.25, 0.3) is 5.56 Å². The lowest BCUT2D eigenvalue weighted by Crippen LogP contribution is -2.21. The van der Waals surface area contributed by atoms with Crippen LogP contribution in [0.15, 0.2) is 45.7 Å². The second-order valence-corrected chi connectivity index (χ2v) is 5.51. The van der Waals surface area contributed by atoms with Gasteiger partial charge in [-0.2, -0.15) is 5.10 Å². The van der Waals surface area contributed by atoms with Crippen molar-refractivity contribution in [3.63, 3.8) is 0 Å². The molecule has 2 heterocycles. The number of aromatic nitrogens is 3. The number of nitrogens with zero attached hydrogens (tertiary/aromatic N) is 3. The third kappa shape index (κ3) is 3.97. The van der Waals surface area contributed by atoms with Crippen LogP contribution in [-0.2, 0) is 18.4 Å². The predicted molar refractivity (Wildman–Crippen MR) is 93.6 cm³/mol. The van der Waals surface area contributed by atoms with Crippen molar-refractivity contribution in [2.24, 2.45) is 7.05 Å². The van der Waals surface area contributed by atoms with Gasteiger partial charge in [-0.15, -0.1) is 0 Å². The van der Waals surface area contributed by atoms with Crippen LogP contribution in [0.3, 0.4) is 0 Å². The highest BCUT2D eigenvalue weighted by atomic mass is 16.5. The van der Waals surface area contributed by atoms with E-state index in [4.69, 9.17) is 18.7 Å². The Morgan fingerprint density at radius 2 is 1.89 bits per heavy atom. The number of hydrogen-bond acceptors (Lipinski definition) is 8. The lowest BCUT2D eigenvalue weighted by molar-refractivity contribution is 0.0454. The highest BCUT2D eigenvalue weighted by molar-refractivity contribution is 5.86. The maximum atomic E-state index is 12.0. The molecule has 9 heteroatoms. The second kappa shape index (κ2) is 7.73. The Kier molecular flexibility index (Phi) is 5.20. The molecule has 1 aromatic carbocycles. The summed E-state index contributed by atoms with van der Waals surface area (Å²) in [4.78, 5) is 23.3. The summed E-state index contributed by atoms with van der Waals surface area (Å²) < 4.78 is 22.0. The molecule has 0 bridgehead atoms. The molecule has 0 fully saturated rings. The molecule has 27 heavy (non-hydrogen) atoms. The predicted octanol–water partition coefficient (Wildman–Crippen LogP) is 1.81. The number of ether oxygens (including phenoxy) is 3. The SMILES string of the molecule is COc1ccc(-c2cc(COC(=O)c3ccc(=O)n(C)n3)no2)cc1OC. The molecule has 3 rings (SSSR count). The molecule has 2 aromatic heterocycles. The number of carbonyl (C=O) groups excluding carboxylic acids is 1. The molecule has 0 atom stereocenters. The zero-order valence-electron chi connectivity index (χ0n) is 15.0. The molecule has 0 aliphatic carbocycles. The summed E-state index contributed by atoms with van der Waals surface area (Å²) in [5.41, 5.74) is 0.874. The molecule has 0 saturated carbocycles. The summed E-state index contributed by atoms with van der Waals surface area (Å²) in [6.45, 7) is -0.0971. The number of benzene rings is 1. The van der Waals surface area contributed by atoms with Gasteiger partial charge in [-0.1, -0.05) is 5.16 Å². The first kappa shape index (κ1) is 18.2. The smallest absolute Gasteiger partial charge is 0.359 e. The van der Waals surface area contributed by atoms with Crippen LogP contribution in [0.25, 0.3) is 11.3 Å². The van der Waals surface area contributed by atoms with E-state index in [0.717, 1.165) is 10.2 Å². The Labute approximate surface area is 154 Å². The van der Waals surface area contributed by atoms with E-state index < -0.39 is 5.97 Å². The molecule has 140 valence electrons. The molecule has 0 saturated heterocycles. The monoisotopic (exact) mass is 371 g/mol. The zero-order chi connectivity index (χ0) is 19.4. The van der Waals surface area contributed by atoms with Gasteiger partial charge in [0, 0.05) is 24.7 Å². The summed E-state index contributed by atoms with van der Waals surface area (Å²) in [5, 5.41) is 7.72. The second-order valence-electron chi connectivity index (χ2n) is 5.51. The summed E-state index contributed by atoms with van der Waals surface area (Å²) in [7, 11) is 4.55. The minimum Gasteiger partial charge on any atom is -0.493 e. The number of esters is 1. The number of rotatable bonds is 6. The van der Waals surface area contributed by atoms with Gasteiger partial charge < -0.3 is 18.7 Å². The van der Waals surface area contributed by atoms with E-state index in [1.165, 1.54) is 19.2 Å². The first-order valence-corrected chi connectivity index (χ1v) is 7.91. The van der Waals surface area contributed by atoms with Gasteiger partial charge in [0.1, 0.15) is 12.3 Å². The van der Waals surface area contributed by atoms with Crippen LogP contribution in [0.4, 0.5) is 0 Å². The van der Waals surface area contributed by atoms with E-state index in [9.17, 15) is 9.59 Å². The largest absolute Gasteiger partial charge is 0.493 e. The third-order valence-electron chi connectivity index (χ3n) is 3.75. The van der Waals surface area contributed by atoms with Crippen LogP contribution >= 0.6 is 0 Å². The van der Waals surface area contributed by atoms with Gasteiger partial charge in [-0.3, -0.25) is 4.79 Å². The molecular formula is C18H17N3O6. The van der Waals surface area contributed by atoms with Gasteiger partial charge in [0.2, 0.25) is 0 Å². The fraction of sp³-hybridized carbons (Fsp3) is 0.222. The first-order valence-electron chi connectivity index (χ1n) is 7.91. The van der Waals surface area contributed by atoms with Crippen molar-refractivity contribution in [1.82, 2.24) is 14.9 Å². The summed E-state index contributed by atoms with van der Waals surface area (Å²) in [6, 6.07) is 9.51. The van der Waals surface area contributed by atoms with Crippen LogP contribution < -0.4 is 15.0 Å². The number of hydrogen-bond donors (Lipinski definition) is 0. The van der Waals surface area contributed by atoms with Gasteiger partial charge in [-0.05, 0) is 24.3 Å². The molecule has 0 N–H and O–H groups in total. The van der Waals surface area contributed by atoms with Crippen LogP contribution in [0.2, 0.25) is 0 Å². The Bertz CT molecular complexity index is 1020. The molecule has 3 aromatic rings. The van der Waals surface area contributed by atoms with Crippen LogP contribution in [0.1, 0.15) is 16.2 Å².